The molecule has 10 heteroatoms. The highest BCUT2D eigenvalue weighted by atomic mass is 19.4. The maximum atomic E-state index is 13.4. The zero-order chi connectivity index (χ0) is 25.4. The summed E-state index contributed by atoms with van der Waals surface area (Å²) in [6.07, 6.45) is -3.51. The highest BCUT2D eigenvalue weighted by Gasteiger charge is 2.39. The number of carbonyl (C=O) groups is 1. The number of amides is 1. The molecule has 1 aliphatic heterocycles. The van der Waals surface area contributed by atoms with Crippen molar-refractivity contribution in [2.24, 2.45) is 11.8 Å². The second kappa shape index (κ2) is 9.72. The summed E-state index contributed by atoms with van der Waals surface area (Å²) in [7, 11) is 0. The zero-order valence-electron chi connectivity index (χ0n) is 20.2. The molecule has 2 atom stereocenters. The Morgan fingerprint density at radius 2 is 1.77 bits per heavy atom. The van der Waals surface area contributed by atoms with Gasteiger partial charge in [-0.25, -0.2) is 14.4 Å². The summed E-state index contributed by atoms with van der Waals surface area (Å²) in [5.41, 5.74) is -1.19. The van der Waals surface area contributed by atoms with Crippen LogP contribution in [0.4, 0.5) is 23.4 Å². The van der Waals surface area contributed by atoms with Crippen LogP contribution in [0.25, 0.3) is 0 Å². The average molecular weight is 494 g/mol. The standard InChI is InChI=1S/C25H31F4N5O/c1-24(2,3)23-31-20(25(27,28)29)13-21(32-23)34-9-7-33(8-10-34)15-18-11-17(18)14-30-22(35)16-5-4-6-19(26)12-16/h4-6,12-13,17-18H,7-11,14-15H2,1-3H3,(H,30,35). The first-order valence-corrected chi connectivity index (χ1v) is 11.9. The number of hydrogen-bond acceptors (Lipinski definition) is 5. The minimum absolute atomic E-state index is 0.186. The van der Waals surface area contributed by atoms with Crippen LogP contribution in [0.15, 0.2) is 30.3 Å². The van der Waals surface area contributed by atoms with Crippen LogP contribution in [0.1, 0.15) is 49.1 Å². The van der Waals surface area contributed by atoms with E-state index in [4.69, 9.17) is 0 Å². The van der Waals surface area contributed by atoms with Crippen LogP contribution in [-0.4, -0.2) is 60.0 Å². The number of rotatable bonds is 6. The second-order valence-corrected chi connectivity index (χ2v) is 10.4. The number of halogens is 4. The monoisotopic (exact) mass is 493 g/mol. The molecule has 1 saturated carbocycles. The molecule has 2 unspecified atom stereocenters. The lowest BCUT2D eigenvalue weighted by atomic mass is 9.95. The van der Waals surface area contributed by atoms with Gasteiger partial charge in [0, 0.05) is 56.3 Å². The van der Waals surface area contributed by atoms with Crippen molar-refractivity contribution in [3.63, 3.8) is 0 Å². The second-order valence-electron chi connectivity index (χ2n) is 10.4. The molecular weight excluding hydrogens is 462 g/mol. The van der Waals surface area contributed by atoms with Gasteiger partial charge in [0.05, 0.1) is 0 Å². The maximum Gasteiger partial charge on any atom is 0.433 e. The van der Waals surface area contributed by atoms with Gasteiger partial charge in [-0.2, -0.15) is 13.2 Å². The predicted octanol–water partition coefficient (Wildman–Crippen LogP) is 4.12. The normalized spacial score (nSPS) is 21.2. The Bertz CT molecular complexity index is 1030. The van der Waals surface area contributed by atoms with Crippen molar-refractivity contribution in [1.29, 1.82) is 0 Å². The minimum atomic E-state index is -4.52. The molecule has 4 rings (SSSR count). The van der Waals surface area contributed by atoms with Crippen molar-refractivity contribution in [1.82, 2.24) is 20.2 Å². The first-order chi connectivity index (χ1) is 16.4. The fraction of sp³-hybridized carbons (Fsp3) is 0.560. The summed E-state index contributed by atoms with van der Waals surface area (Å²) >= 11 is 0. The lowest BCUT2D eigenvalue weighted by Crippen LogP contribution is -2.47. The lowest BCUT2D eigenvalue weighted by Gasteiger charge is -2.36. The van der Waals surface area contributed by atoms with E-state index in [9.17, 15) is 22.4 Å². The lowest BCUT2D eigenvalue weighted by molar-refractivity contribution is -0.141. The molecule has 2 aromatic rings. The number of anilines is 1. The third-order valence-corrected chi connectivity index (χ3v) is 6.54. The molecule has 2 aliphatic rings. The van der Waals surface area contributed by atoms with E-state index >= 15 is 0 Å². The average Bonchev–Trinajstić information content (AvgIpc) is 3.54. The number of alkyl halides is 3. The van der Waals surface area contributed by atoms with Crippen LogP contribution < -0.4 is 10.2 Å². The van der Waals surface area contributed by atoms with Gasteiger partial charge in [0.2, 0.25) is 0 Å². The molecule has 2 fully saturated rings. The molecule has 1 N–H and O–H groups in total. The Labute approximate surface area is 202 Å². The molecule has 1 saturated heterocycles. The molecule has 2 heterocycles. The molecule has 1 aromatic carbocycles. The molecule has 0 bridgehead atoms. The van der Waals surface area contributed by atoms with Crippen molar-refractivity contribution in [2.45, 2.75) is 38.8 Å². The maximum absolute atomic E-state index is 13.4. The molecule has 1 amide bonds. The van der Waals surface area contributed by atoms with Crippen molar-refractivity contribution >= 4 is 11.7 Å². The SMILES string of the molecule is CC(C)(C)c1nc(N2CCN(CC3CC3CNC(=O)c3cccc(F)c3)CC2)cc(C(F)(F)F)n1. The highest BCUT2D eigenvalue weighted by molar-refractivity contribution is 5.94. The number of aromatic nitrogens is 2. The molecule has 1 aromatic heterocycles. The van der Waals surface area contributed by atoms with Gasteiger partial charge in [-0.05, 0) is 36.5 Å². The predicted molar refractivity (Wildman–Crippen MR) is 125 cm³/mol. The Hall–Kier alpha value is -2.75. The molecular formula is C25H31F4N5O. The highest BCUT2D eigenvalue weighted by Crippen LogP contribution is 2.39. The molecule has 0 spiro atoms. The van der Waals surface area contributed by atoms with Gasteiger partial charge in [-0.15, -0.1) is 0 Å². The minimum Gasteiger partial charge on any atom is -0.354 e. The van der Waals surface area contributed by atoms with E-state index in [2.05, 4.69) is 20.2 Å². The zero-order valence-corrected chi connectivity index (χ0v) is 20.2. The summed E-state index contributed by atoms with van der Waals surface area (Å²) in [6, 6.07) is 6.67. The van der Waals surface area contributed by atoms with Gasteiger partial charge in [0.25, 0.3) is 5.91 Å². The van der Waals surface area contributed by atoms with Crippen LogP contribution in [0, 0.1) is 17.7 Å². The molecule has 35 heavy (non-hydrogen) atoms. The number of piperazine rings is 1. The Balaban J connectivity index is 1.27. The largest absolute Gasteiger partial charge is 0.433 e. The smallest absolute Gasteiger partial charge is 0.354 e. The van der Waals surface area contributed by atoms with Crippen LogP contribution >= 0.6 is 0 Å². The van der Waals surface area contributed by atoms with Gasteiger partial charge >= 0.3 is 6.18 Å². The first-order valence-electron chi connectivity index (χ1n) is 11.9. The third-order valence-electron chi connectivity index (χ3n) is 6.54. The summed E-state index contributed by atoms with van der Waals surface area (Å²) in [4.78, 5) is 24.6. The molecule has 0 radical (unpaired) electrons. The van der Waals surface area contributed by atoms with E-state index in [1.807, 2.05) is 4.90 Å². The van der Waals surface area contributed by atoms with E-state index in [1.165, 1.54) is 18.2 Å². The van der Waals surface area contributed by atoms with E-state index in [0.717, 1.165) is 32.1 Å². The van der Waals surface area contributed by atoms with Crippen molar-refractivity contribution in [3.8, 4) is 0 Å². The Kier molecular flexibility index (Phi) is 7.04. The summed E-state index contributed by atoms with van der Waals surface area (Å²) in [5.74, 6) is 0.648. The van der Waals surface area contributed by atoms with E-state index < -0.39 is 23.1 Å². The van der Waals surface area contributed by atoms with E-state index in [-0.39, 0.29) is 11.7 Å². The summed E-state index contributed by atoms with van der Waals surface area (Å²) in [6.45, 7) is 9.49. The van der Waals surface area contributed by atoms with Crippen molar-refractivity contribution in [3.05, 3.63) is 53.2 Å². The van der Waals surface area contributed by atoms with Gasteiger partial charge in [-0.1, -0.05) is 26.8 Å². The van der Waals surface area contributed by atoms with Crippen molar-refractivity contribution in [2.75, 3.05) is 44.2 Å². The van der Waals surface area contributed by atoms with Crippen LogP contribution in [0.3, 0.4) is 0 Å². The number of benzene rings is 1. The number of nitrogens with one attached hydrogen (secondary N) is 1. The van der Waals surface area contributed by atoms with Crippen LogP contribution in [0.5, 0.6) is 0 Å². The fourth-order valence-electron chi connectivity index (χ4n) is 4.31. The van der Waals surface area contributed by atoms with Gasteiger partial charge in [0.15, 0.2) is 0 Å². The molecule has 1 aliphatic carbocycles. The first kappa shape index (κ1) is 25.3. The van der Waals surface area contributed by atoms with Gasteiger partial charge in [0.1, 0.15) is 23.2 Å². The molecule has 6 nitrogen and oxygen atoms in total. The van der Waals surface area contributed by atoms with E-state index in [0.29, 0.717) is 42.9 Å². The summed E-state index contributed by atoms with van der Waals surface area (Å²) < 4.78 is 53.6. The number of hydrogen-bond donors (Lipinski definition) is 1. The van der Waals surface area contributed by atoms with Crippen molar-refractivity contribution < 1.29 is 22.4 Å². The fourth-order valence-corrected chi connectivity index (χ4v) is 4.31. The quantitative estimate of drug-likeness (QED) is 0.614. The van der Waals surface area contributed by atoms with Gasteiger partial charge in [-0.3, -0.25) is 9.69 Å². The van der Waals surface area contributed by atoms with Gasteiger partial charge < -0.3 is 10.2 Å². The Morgan fingerprint density at radius 1 is 1.06 bits per heavy atom. The topological polar surface area (TPSA) is 61.4 Å². The van der Waals surface area contributed by atoms with Crippen LogP contribution in [-0.2, 0) is 11.6 Å². The Morgan fingerprint density at radius 3 is 2.40 bits per heavy atom. The third kappa shape index (κ3) is 6.48. The number of carbonyl (C=O) groups excluding carboxylic acids is 1. The summed E-state index contributed by atoms with van der Waals surface area (Å²) in [5, 5.41) is 2.88. The van der Waals surface area contributed by atoms with Crippen LogP contribution in [0.2, 0.25) is 0 Å². The van der Waals surface area contributed by atoms with E-state index in [1.54, 1.807) is 26.8 Å². The number of nitrogens with zero attached hydrogens (tertiary/aromatic N) is 4. The molecule has 190 valence electrons.